The summed E-state index contributed by atoms with van der Waals surface area (Å²) in [6.07, 6.45) is 5.77. The molecule has 0 unspecified atom stereocenters. The smallest absolute Gasteiger partial charge is 0.272 e. The maximum absolute atomic E-state index is 12.5. The summed E-state index contributed by atoms with van der Waals surface area (Å²) in [7, 11) is 2.86. The van der Waals surface area contributed by atoms with E-state index in [-0.39, 0.29) is 29.0 Å². The number of rotatable bonds is 16. The zero-order chi connectivity index (χ0) is 62.2. The number of methoxy groups -OCH3 is 2. The van der Waals surface area contributed by atoms with Gasteiger partial charge < -0.3 is 31.2 Å². The molecule has 1 atom stereocenters. The van der Waals surface area contributed by atoms with Gasteiger partial charge in [0.15, 0.2) is 34.4 Å². The fourth-order valence-corrected chi connectivity index (χ4v) is 13.9. The predicted molar refractivity (Wildman–Crippen MR) is 354 cm³/mol. The van der Waals surface area contributed by atoms with Gasteiger partial charge in [-0.1, -0.05) is 72.8 Å². The van der Waals surface area contributed by atoms with Gasteiger partial charge in [0.1, 0.15) is 34.0 Å². The van der Waals surface area contributed by atoms with Crippen molar-refractivity contribution in [3.8, 4) is 79.4 Å². The van der Waals surface area contributed by atoms with Crippen LogP contribution in [0.3, 0.4) is 0 Å². The second kappa shape index (κ2) is 22.7. The summed E-state index contributed by atoms with van der Waals surface area (Å²) in [6, 6.07) is 51.0. The molecule has 20 heteroatoms. The van der Waals surface area contributed by atoms with Gasteiger partial charge in [-0.25, -0.2) is 29.9 Å². The van der Waals surface area contributed by atoms with E-state index in [0.717, 1.165) is 90.3 Å². The number of ether oxygens (including phenoxy) is 2. The predicted octanol–water partition coefficient (Wildman–Crippen LogP) is 9.22. The van der Waals surface area contributed by atoms with Crippen molar-refractivity contribution in [3.63, 3.8) is 0 Å². The van der Waals surface area contributed by atoms with Crippen LogP contribution in [0.4, 0.5) is 23.0 Å². The van der Waals surface area contributed by atoms with Crippen molar-refractivity contribution in [3.05, 3.63) is 210 Å². The number of nitrogens with two attached hydrogens (primary N) is 2. The highest BCUT2D eigenvalue weighted by atomic mass is 16.5. The van der Waals surface area contributed by atoms with Gasteiger partial charge in [0.2, 0.25) is 0 Å². The van der Waals surface area contributed by atoms with Crippen molar-refractivity contribution in [2.75, 3.05) is 68.6 Å². The van der Waals surface area contributed by atoms with E-state index in [9.17, 15) is 19.2 Å². The van der Waals surface area contributed by atoms with Crippen LogP contribution in [0.2, 0.25) is 0 Å². The third kappa shape index (κ3) is 10.1. The number of piperidine rings is 1. The number of piperazine rings is 1. The number of nitrogens with one attached hydrogen (secondary N) is 1. The molecule has 3 fully saturated rings. The molecule has 1 spiro atoms. The molecule has 6 aromatic heterocycles. The maximum Gasteiger partial charge on any atom is 0.272 e. The number of hydrogen-bond donors (Lipinski definition) is 3. The standard InChI is InChI=1S/C71H64N14O6/c1-41-38-82(33-34-83(41)58-60(87)62(89)64(58)91-3)40-43-16-20-49(21-17-43)85-68(80-55-26-24-52(77-69(55)85)44-9-5-4-6-10-44)51-22-23-53(76-66(51)73)45-11-7-12-46(35-45)54-25-27-56-70(78-54)84(67(79-56)50-13-8-30-74-65(50)72)48-18-14-42(15-19-48)39-81-31-28-71(29-32-81)36-47(37-71)75-57-59(86)61(88)63(57)90-2/h4-27,30,35,41,47,75H,28-29,31-34,36-40H2,1-3H3,(H2,72,74)(H2,73,76)/t41-/m0/s1. The minimum atomic E-state index is -0.561. The van der Waals surface area contributed by atoms with Crippen LogP contribution in [-0.4, -0.2) is 108 Å². The quantitative estimate of drug-likeness (QED) is 0.0763. The van der Waals surface area contributed by atoms with Crippen molar-refractivity contribution in [2.45, 2.75) is 57.8 Å². The number of fused-ring (bicyclic) bond motifs is 2. The van der Waals surface area contributed by atoms with Crippen molar-refractivity contribution in [1.82, 2.24) is 48.8 Å². The molecular weight excluding hydrogens is 1140 g/mol. The average molecular weight is 1210 g/mol. The van der Waals surface area contributed by atoms with Gasteiger partial charge in [0.05, 0.1) is 42.4 Å². The number of imidazole rings is 2. The van der Waals surface area contributed by atoms with E-state index in [4.69, 9.17) is 45.9 Å². The Labute approximate surface area is 522 Å². The fraction of sp³-hybridized carbons (Fsp3) is 0.239. The van der Waals surface area contributed by atoms with Crippen molar-refractivity contribution in [2.24, 2.45) is 5.41 Å². The number of hydrogen-bond acceptors (Lipinski definition) is 18. The lowest BCUT2D eigenvalue weighted by atomic mass is 9.60. The first-order valence-electron chi connectivity index (χ1n) is 30.6. The highest BCUT2D eigenvalue weighted by Gasteiger charge is 2.46. The van der Waals surface area contributed by atoms with Gasteiger partial charge >= 0.3 is 0 Å². The molecule has 5 N–H and O–H groups in total. The lowest BCUT2D eigenvalue weighted by Crippen LogP contribution is -2.55. The normalized spacial score (nSPS) is 16.3. The minimum Gasteiger partial charge on any atom is -0.491 e. The Bertz CT molecular complexity index is 4930. The molecule has 0 bridgehead atoms. The van der Waals surface area contributed by atoms with Crippen molar-refractivity contribution in [1.29, 1.82) is 0 Å². The zero-order valence-corrected chi connectivity index (χ0v) is 50.5. The van der Waals surface area contributed by atoms with Gasteiger partial charge in [-0.3, -0.25) is 38.1 Å². The summed E-state index contributed by atoms with van der Waals surface area (Å²) in [5.41, 5.74) is 25.5. The largest absolute Gasteiger partial charge is 0.491 e. The van der Waals surface area contributed by atoms with Gasteiger partial charge in [-0.05, 0) is 141 Å². The van der Waals surface area contributed by atoms with E-state index in [0.29, 0.717) is 100.0 Å². The highest BCUT2D eigenvalue weighted by Crippen LogP contribution is 2.50. The number of pyridine rings is 4. The van der Waals surface area contributed by atoms with Crippen molar-refractivity contribution >= 4 is 45.3 Å². The third-order valence-electron chi connectivity index (χ3n) is 18.7. The molecule has 6 aromatic carbocycles. The molecular formula is C71H64N14O6. The second-order valence-electron chi connectivity index (χ2n) is 24.4. The summed E-state index contributed by atoms with van der Waals surface area (Å²) in [6.45, 7) is 7.54. The molecule has 8 heterocycles. The summed E-state index contributed by atoms with van der Waals surface area (Å²) >= 11 is 0. The first kappa shape index (κ1) is 56.8. The Morgan fingerprint density at radius 2 is 1.10 bits per heavy atom. The van der Waals surface area contributed by atoms with Crippen LogP contribution in [-0.2, 0) is 13.1 Å². The minimum absolute atomic E-state index is 0.00536. The summed E-state index contributed by atoms with van der Waals surface area (Å²) < 4.78 is 14.5. The Morgan fingerprint density at radius 3 is 1.69 bits per heavy atom. The van der Waals surface area contributed by atoms with Crippen LogP contribution in [0.15, 0.2) is 177 Å². The van der Waals surface area contributed by atoms with Crippen LogP contribution in [0.25, 0.3) is 90.3 Å². The summed E-state index contributed by atoms with van der Waals surface area (Å²) in [5, 5.41) is 3.28. The SMILES string of the molecule is COc1c(NC2CC3(CCN(Cc4ccc(-n5c(-c6cccnc6N)nc6ccc(-c7cccc(-c8ccc(-c9nc%10ccc(-c%11ccccc%11)nc%10n9-c9ccc(CN%10CCN(c%11c(OC)c(=O)c%11=O)[C@@H](C)C%10)cc9)c(N)n8)c7)nc65)cc4)CC3)C2)c(=O)c1=O. The molecule has 12 aromatic rings. The van der Waals surface area contributed by atoms with E-state index in [1.807, 2.05) is 107 Å². The molecule has 91 heavy (non-hydrogen) atoms. The second-order valence-corrected chi connectivity index (χ2v) is 24.4. The monoisotopic (exact) mass is 1210 g/mol. The number of nitrogens with zero attached hydrogens (tertiary/aromatic N) is 11. The summed E-state index contributed by atoms with van der Waals surface area (Å²) in [4.78, 5) is 85.9. The van der Waals surface area contributed by atoms with E-state index in [1.54, 1.807) is 6.20 Å². The Hall–Kier alpha value is -10.7. The Kier molecular flexibility index (Phi) is 14.2. The Morgan fingerprint density at radius 1 is 0.538 bits per heavy atom. The van der Waals surface area contributed by atoms with Crippen LogP contribution in [0, 0.1) is 5.41 Å². The van der Waals surface area contributed by atoms with Gasteiger partial charge in [0.25, 0.3) is 21.7 Å². The van der Waals surface area contributed by atoms with Gasteiger partial charge in [-0.15, -0.1) is 0 Å². The van der Waals surface area contributed by atoms with E-state index >= 15 is 0 Å². The van der Waals surface area contributed by atoms with E-state index in [1.165, 1.54) is 19.8 Å². The molecule has 20 nitrogen and oxygen atoms in total. The number of nitrogen functional groups attached to an aromatic ring is 2. The first-order chi connectivity index (χ1) is 44.3. The molecule has 15 rings (SSSR count). The van der Waals surface area contributed by atoms with Crippen LogP contribution >= 0.6 is 0 Å². The van der Waals surface area contributed by atoms with Crippen LogP contribution < -0.4 is 52.9 Å². The topological polar surface area (TPSA) is 248 Å². The van der Waals surface area contributed by atoms with Crippen LogP contribution in [0.1, 0.15) is 43.7 Å². The molecule has 3 aliphatic rings. The lowest BCUT2D eigenvalue weighted by Gasteiger charge is -2.52. The lowest BCUT2D eigenvalue weighted by molar-refractivity contribution is 0.0210. The third-order valence-corrected chi connectivity index (χ3v) is 18.7. The fourth-order valence-electron chi connectivity index (χ4n) is 13.9. The van der Waals surface area contributed by atoms with E-state index < -0.39 is 21.7 Å². The molecule has 454 valence electrons. The average Bonchev–Trinajstić information content (AvgIpc) is 1.76. The zero-order valence-electron chi connectivity index (χ0n) is 50.5. The number of aromatic nitrogens is 8. The van der Waals surface area contributed by atoms with Gasteiger partial charge in [-0.2, -0.15) is 0 Å². The molecule has 0 radical (unpaired) electrons. The van der Waals surface area contributed by atoms with E-state index in [2.05, 4.69) is 86.2 Å². The van der Waals surface area contributed by atoms with Crippen LogP contribution in [0.5, 0.6) is 11.5 Å². The molecule has 0 amide bonds. The van der Waals surface area contributed by atoms with Gasteiger partial charge in [0, 0.05) is 79.1 Å². The highest BCUT2D eigenvalue weighted by molar-refractivity contribution is 5.87. The molecule has 2 aliphatic heterocycles. The first-order valence-corrected chi connectivity index (χ1v) is 30.6. The number of benzene rings is 4. The number of anilines is 4. The molecule has 1 saturated carbocycles. The van der Waals surface area contributed by atoms with Crippen molar-refractivity contribution < 1.29 is 9.47 Å². The molecule has 1 aliphatic carbocycles. The summed E-state index contributed by atoms with van der Waals surface area (Å²) in [5.74, 6) is 2.19. The number of likely N-dealkylation sites (tertiary alicyclic amines) is 1. The maximum atomic E-state index is 12.5. The molecule has 2 saturated heterocycles. The Balaban J connectivity index is 0.686.